The van der Waals surface area contributed by atoms with Crippen LogP contribution < -0.4 is 11.5 Å². The average molecular weight is 671 g/mol. The fraction of sp³-hybridized carbons (Fsp3) is 0.200. The van der Waals surface area contributed by atoms with Crippen molar-refractivity contribution < 1.29 is 19.8 Å². The number of nitrogens with two attached hydrogens (primary N) is 2. The molecule has 0 unspecified atom stereocenters. The van der Waals surface area contributed by atoms with Gasteiger partial charge in [0.15, 0.2) is 0 Å². The molecule has 0 saturated carbocycles. The normalized spacial score (nSPS) is 10.6. The summed E-state index contributed by atoms with van der Waals surface area (Å²) in [6.45, 7) is 0. The van der Waals surface area contributed by atoms with Crippen LogP contribution in [-0.4, -0.2) is 53.4 Å². The molecule has 4 aromatic heterocycles. The highest BCUT2D eigenvalue weighted by molar-refractivity contribution is 7.99. The number of fused-ring (bicyclic) bond motifs is 2. The standard InChI is InChI=1S/2C16H17N3S.C3H4O4/c2*1-20-14-11-15(17)19-10-9-18-13(16(14)19)8-7-12-5-3-2-4-6-12;4-2(5)1-3(6)7/h2*2-6,9-11H,7-8,17H2,1H3;1H2,(H,4,5)(H,6,7). The van der Waals surface area contributed by atoms with E-state index in [4.69, 9.17) is 21.7 Å². The number of carboxylic acids is 2. The van der Waals surface area contributed by atoms with Crippen LogP contribution in [0, 0.1) is 0 Å². The number of anilines is 2. The number of benzene rings is 2. The summed E-state index contributed by atoms with van der Waals surface area (Å²) in [7, 11) is 0. The lowest BCUT2D eigenvalue weighted by Crippen LogP contribution is -2.03. The van der Waals surface area contributed by atoms with Crippen molar-refractivity contribution in [1.82, 2.24) is 18.8 Å². The molecule has 0 spiro atoms. The third-order valence-electron chi connectivity index (χ3n) is 7.23. The van der Waals surface area contributed by atoms with E-state index in [9.17, 15) is 9.59 Å². The SMILES string of the molecule is CSc1cc(N)n2ccnc(CCc3ccccc3)c12.CSc1cc(N)n2ccnc(CCc3ccccc3)c12.O=C(O)CC(=O)O. The van der Waals surface area contributed by atoms with Gasteiger partial charge in [-0.05, 0) is 61.5 Å². The van der Waals surface area contributed by atoms with Gasteiger partial charge in [-0.25, -0.2) is 0 Å². The highest BCUT2D eigenvalue weighted by atomic mass is 32.2. The van der Waals surface area contributed by atoms with Crippen molar-refractivity contribution in [3.8, 4) is 0 Å². The molecule has 0 aliphatic carbocycles. The van der Waals surface area contributed by atoms with Crippen LogP contribution in [0.2, 0.25) is 0 Å². The van der Waals surface area contributed by atoms with E-state index in [0.29, 0.717) is 0 Å². The summed E-state index contributed by atoms with van der Waals surface area (Å²) in [6, 6.07) is 25.1. The number of carboxylic acid groups (broad SMARTS) is 2. The number of nitrogens with zero attached hydrogens (tertiary/aromatic N) is 4. The van der Waals surface area contributed by atoms with Gasteiger partial charge in [0, 0.05) is 34.6 Å². The number of carbonyl (C=O) groups is 2. The Morgan fingerprint density at radius 1 is 0.660 bits per heavy atom. The molecule has 2 aromatic carbocycles. The van der Waals surface area contributed by atoms with Gasteiger partial charge in [-0.3, -0.25) is 28.4 Å². The summed E-state index contributed by atoms with van der Waals surface area (Å²) < 4.78 is 4.05. The van der Waals surface area contributed by atoms with E-state index in [1.807, 2.05) is 57.9 Å². The molecule has 0 bridgehead atoms. The molecule has 6 rings (SSSR count). The molecule has 244 valence electrons. The van der Waals surface area contributed by atoms with Crippen LogP contribution in [0.15, 0.2) is 107 Å². The Kier molecular flexibility index (Phi) is 12.7. The molecule has 47 heavy (non-hydrogen) atoms. The Bertz CT molecular complexity index is 1790. The summed E-state index contributed by atoms with van der Waals surface area (Å²) in [5, 5.41) is 15.4. The lowest BCUT2D eigenvalue weighted by molar-refractivity contribution is -0.147. The van der Waals surface area contributed by atoms with Crippen LogP contribution in [0.4, 0.5) is 11.6 Å². The quantitative estimate of drug-likeness (QED) is 0.0949. The van der Waals surface area contributed by atoms with Crippen LogP contribution in [0.25, 0.3) is 11.0 Å². The fourth-order valence-electron chi connectivity index (χ4n) is 5.05. The predicted octanol–water partition coefficient (Wildman–Crippen LogP) is 6.39. The van der Waals surface area contributed by atoms with Crippen molar-refractivity contribution >= 4 is 58.1 Å². The number of nitrogen functional groups attached to an aromatic ring is 2. The molecule has 0 fully saturated rings. The van der Waals surface area contributed by atoms with Crippen molar-refractivity contribution in [3.63, 3.8) is 0 Å². The molecule has 4 heterocycles. The van der Waals surface area contributed by atoms with Gasteiger partial charge < -0.3 is 21.7 Å². The smallest absolute Gasteiger partial charge is 0.314 e. The molecule has 10 nitrogen and oxygen atoms in total. The number of aryl methyl sites for hydroxylation is 4. The Morgan fingerprint density at radius 2 is 1.04 bits per heavy atom. The third-order valence-corrected chi connectivity index (χ3v) is 8.73. The van der Waals surface area contributed by atoms with Crippen molar-refractivity contribution in [1.29, 1.82) is 0 Å². The van der Waals surface area contributed by atoms with Crippen LogP contribution in [0.1, 0.15) is 28.9 Å². The average Bonchev–Trinajstić information content (AvgIpc) is 3.60. The maximum atomic E-state index is 9.43. The van der Waals surface area contributed by atoms with Crippen molar-refractivity contribution in [2.75, 3.05) is 24.0 Å². The first-order chi connectivity index (χ1) is 22.7. The van der Waals surface area contributed by atoms with E-state index < -0.39 is 18.4 Å². The van der Waals surface area contributed by atoms with Gasteiger partial charge in [-0.1, -0.05) is 60.7 Å². The maximum Gasteiger partial charge on any atom is 0.314 e. The van der Waals surface area contributed by atoms with Crippen LogP contribution in [-0.2, 0) is 35.3 Å². The van der Waals surface area contributed by atoms with Gasteiger partial charge in [0.2, 0.25) is 0 Å². The molecule has 6 aromatic rings. The Morgan fingerprint density at radius 3 is 1.36 bits per heavy atom. The largest absolute Gasteiger partial charge is 0.481 e. The van der Waals surface area contributed by atoms with Gasteiger partial charge in [0.1, 0.15) is 18.1 Å². The second kappa shape index (κ2) is 17.1. The van der Waals surface area contributed by atoms with Gasteiger partial charge >= 0.3 is 11.9 Å². The number of thioether (sulfide) groups is 2. The topological polar surface area (TPSA) is 161 Å². The zero-order valence-electron chi connectivity index (χ0n) is 26.2. The van der Waals surface area contributed by atoms with Crippen LogP contribution in [0.3, 0.4) is 0 Å². The first-order valence-corrected chi connectivity index (χ1v) is 17.2. The molecule has 0 amide bonds. The number of hydrogen-bond donors (Lipinski definition) is 4. The molecule has 0 aliphatic heterocycles. The lowest BCUT2D eigenvalue weighted by Gasteiger charge is -2.06. The molecule has 0 atom stereocenters. The summed E-state index contributed by atoms with van der Waals surface area (Å²) in [5.74, 6) is -1.08. The minimum Gasteiger partial charge on any atom is -0.481 e. The number of aliphatic carboxylic acids is 2. The monoisotopic (exact) mass is 670 g/mol. The minimum atomic E-state index is -1.31. The lowest BCUT2D eigenvalue weighted by atomic mass is 10.1. The number of aromatic nitrogens is 4. The Labute approximate surface area is 281 Å². The first-order valence-electron chi connectivity index (χ1n) is 14.8. The van der Waals surface area contributed by atoms with Gasteiger partial charge in [0.25, 0.3) is 0 Å². The molecular weight excluding hydrogens is 633 g/mol. The number of hydrogen-bond acceptors (Lipinski definition) is 8. The van der Waals surface area contributed by atoms with Gasteiger partial charge in [-0.2, -0.15) is 0 Å². The summed E-state index contributed by atoms with van der Waals surface area (Å²) in [5.41, 5.74) is 19.3. The molecule has 12 heteroatoms. The molecule has 6 N–H and O–H groups in total. The van der Waals surface area contributed by atoms with Gasteiger partial charge in [0.05, 0.1) is 22.4 Å². The third kappa shape index (κ3) is 9.53. The molecule has 0 radical (unpaired) electrons. The van der Waals surface area contributed by atoms with E-state index >= 15 is 0 Å². The summed E-state index contributed by atoms with van der Waals surface area (Å²) in [6.07, 6.45) is 14.7. The highest BCUT2D eigenvalue weighted by Crippen LogP contribution is 2.30. The summed E-state index contributed by atoms with van der Waals surface area (Å²) >= 11 is 3.43. The van der Waals surface area contributed by atoms with Crippen molar-refractivity contribution in [2.24, 2.45) is 0 Å². The molecule has 0 saturated heterocycles. The maximum absolute atomic E-state index is 9.43. The van der Waals surface area contributed by atoms with Gasteiger partial charge in [-0.15, -0.1) is 23.5 Å². The second-order valence-corrected chi connectivity index (χ2v) is 12.1. The zero-order valence-corrected chi connectivity index (χ0v) is 27.9. The van der Waals surface area contributed by atoms with Crippen molar-refractivity contribution in [3.05, 3.63) is 120 Å². The fourth-order valence-corrected chi connectivity index (χ4v) is 6.34. The Hall–Kier alpha value is -4.94. The summed E-state index contributed by atoms with van der Waals surface area (Å²) in [4.78, 5) is 30.4. The van der Waals surface area contributed by atoms with Crippen LogP contribution in [0.5, 0.6) is 0 Å². The molecule has 0 aliphatic rings. The van der Waals surface area contributed by atoms with E-state index in [2.05, 4.69) is 71.0 Å². The highest BCUT2D eigenvalue weighted by Gasteiger charge is 2.13. The van der Waals surface area contributed by atoms with Crippen molar-refractivity contribution in [2.45, 2.75) is 41.9 Å². The van der Waals surface area contributed by atoms with E-state index in [1.165, 1.54) is 20.9 Å². The van der Waals surface area contributed by atoms with Crippen LogP contribution >= 0.6 is 23.5 Å². The van der Waals surface area contributed by atoms with E-state index in [0.717, 1.165) is 59.7 Å². The van der Waals surface area contributed by atoms with E-state index in [-0.39, 0.29) is 0 Å². The second-order valence-electron chi connectivity index (χ2n) is 10.4. The number of rotatable bonds is 10. The predicted molar refractivity (Wildman–Crippen MR) is 190 cm³/mol. The van der Waals surface area contributed by atoms with E-state index in [1.54, 1.807) is 23.5 Å². The molecular formula is C35H38N6O4S2. The first kappa shape index (κ1) is 34.9. The Balaban J connectivity index is 0.000000178. The zero-order chi connectivity index (χ0) is 33.8. The minimum absolute atomic E-state index is 0.771.